The second-order valence-corrected chi connectivity index (χ2v) is 7.68. The molecule has 2 aromatic carbocycles. The highest BCUT2D eigenvalue weighted by Gasteiger charge is 2.12. The summed E-state index contributed by atoms with van der Waals surface area (Å²) in [5.41, 5.74) is 1.09. The molecule has 3 aromatic rings. The largest absolute Gasteiger partial charge is 0.495 e. The van der Waals surface area contributed by atoms with Crippen molar-refractivity contribution in [3.05, 3.63) is 58.9 Å². The molecule has 0 amide bonds. The molecular weight excluding hydrogens is 397 g/mol. The molecule has 5 nitrogen and oxygen atoms in total. The number of aromatic nitrogens is 2. The number of thioether (sulfide) groups is 1. The number of carbonyl (C=O) groups excluding carboxylic acids is 1. The molecule has 0 unspecified atom stereocenters. The number of ketones is 1. The number of Topliss-reactive ketones (excluding diaryl/α,β-unsaturated/α-hetero) is 1. The molecule has 134 valence electrons. The number of hydrogen-bond acceptors (Lipinski definition) is 7. The van der Waals surface area contributed by atoms with E-state index in [1.165, 1.54) is 42.3 Å². The maximum absolute atomic E-state index is 13.2. The van der Waals surface area contributed by atoms with Crippen molar-refractivity contribution in [1.82, 2.24) is 10.2 Å². The lowest BCUT2D eigenvalue weighted by Crippen LogP contribution is -2.02. The van der Waals surface area contributed by atoms with Gasteiger partial charge in [-0.2, -0.15) is 0 Å². The van der Waals surface area contributed by atoms with E-state index in [0.29, 0.717) is 31.5 Å². The molecule has 1 heterocycles. The molecule has 1 aromatic heterocycles. The van der Waals surface area contributed by atoms with Crippen LogP contribution in [0.3, 0.4) is 0 Å². The van der Waals surface area contributed by atoms with Crippen LogP contribution in [0.25, 0.3) is 0 Å². The van der Waals surface area contributed by atoms with Gasteiger partial charge in [-0.1, -0.05) is 40.8 Å². The molecule has 0 bridgehead atoms. The Morgan fingerprint density at radius 3 is 2.88 bits per heavy atom. The number of benzene rings is 2. The second-order valence-electron chi connectivity index (χ2n) is 5.07. The zero-order valence-electron chi connectivity index (χ0n) is 13.5. The van der Waals surface area contributed by atoms with Crippen molar-refractivity contribution in [3.63, 3.8) is 0 Å². The highest BCUT2D eigenvalue weighted by atomic mass is 35.5. The average molecular weight is 410 g/mol. The third-order valence-electron chi connectivity index (χ3n) is 3.28. The molecule has 1 N–H and O–H groups in total. The minimum absolute atomic E-state index is 0.0746. The summed E-state index contributed by atoms with van der Waals surface area (Å²) in [4.78, 5) is 12.3. The maximum atomic E-state index is 13.2. The highest BCUT2D eigenvalue weighted by Crippen LogP contribution is 2.29. The van der Waals surface area contributed by atoms with E-state index >= 15 is 0 Å². The van der Waals surface area contributed by atoms with Crippen molar-refractivity contribution in [2.24, 2.45) is 0 Å². The third kappa shape index (κ3) is 4.72. The van der Waals surface area contributed by atoms with Gasteiger partial charge in [0.25, 0.3) is 0 Å². The van der Waals surface area contributed by atoms with Gasteiger partial charge in [-0.3, -0.25) is 4.79 Å². The Labute approximate surface area is 162 Å². The average Bonchev–Trinajstić information content (AvgIpc) is 3.07. The summed E-state index contributed by atoms with van der Waals surface area (Å²) in [5, 5.41) is 11.9. The van der Waals surface area contributed by atoms with Crippen LogP contribution in [-0.4, -0.2) is 28.8 Å². The number of ether oxygens (including phenoxy) is 1. The minimum Gasteiger partial charge on any atom is -0.495 e. The van der Waals surface area contributed by atoms with E-state index in [9.17, 15) is 9.18 Å². The van der Waals surface area contributed by atoms with Crippen molar-refractivity contribution in [2.45, 2.75) is 4.34 Å². The van der Waals surface area contributed by atoms with E-state index in [1.54, 1.807) is 30.3 Å². The Bertz CT molecular complexity index is 936. The molecule has 0 saturated heterocycles. The van der Waals surface area contributed by atoms with Gasteiger partial charge in [0.1, 0.15) is 11.6 Å². The van der Waals surface area contributed by atoms with Gasteiger partial charge in [0.05, 0.1) is 17.9 Å². The fourth-order valence-electron chi connectivity index (χ4n) is 2.06. The Balaban J connectivity index is 1.59. The fraction of sp³-hybridized carbons (Fsp3) is 0.118. The van der Waals surface area contributed by atoms with Crippen LogP contribution in [-0.2, 0) is 0 Å². The van der Waals surface area contributed by atoms with Crippen LogP contribution in [0.1, 0.15) is 10.4 Å². The van der Waals surface area contributed by atoms with Crippen molar-refractivity contribution < 1.29 is 13.9 Å². The van der Waals surface area contributed by atoms with Crippen molar-refractivity contribution >= 4 is 51.3 Å². The molecule has 0 aliphatic carbocycles. The molecule has 0 radical (unpaired) electrons. The van der Waals surface area contributed by atoms with E-state index in [2.05, 4.69) is 15.5 Å². The minimum atomic E-state index is -0.335. The zero-order chi connectivity index (χ0) is 18.5. The first kappa shape index (κ1) is 18.6. The van der Waals surface area contributed by atoms with E-state index in [0.717, 1.165) is 0 Å². The third-order valence-corrected chi connectivity index (χ3v) is 5.55. The zero-order valence-corrected chi connectivity index (χ0v) is 15.9. The van der Waals surface area contributed by atoms with Gasteiger partial charge in [0.2, 0.25) is 5.13 Å². The van der Waals surface area contributed by atoms with Crippen molar-refractivity contribution in [1.29, 1.82) is 0 Å². The van der Waals surface area contributed by atoms with E-state index in [4.69, 9.17) is 16.3 Å². The lowest BCUT2D eigenvalue weighted by molar-refractivity contribution is 0.102. The van der Waals surface area contributed by atoms with Gasteiger partial charge in [-0.15, -0.1) is 10.2 Å². The lowest BCUT2D eigenvalue weighted by atomic mass is 10.1. The van der Waals surface area contributed by atoms with Crippen molar-refractivity contribution in [3.8, 4) is 5.75 Å². The first-order chi connectivity index (χ1) is 12.5. The summed E-state index contributed by atoms with van der Waals surface area (Å²) < 4.78 is 18.9. The molecule has 0 atom stereocenters. The summed E-state index contributed by atoms with van der Waals surface area (Å²) >= 11 is 8.61. The number of anilines is 2. The predicted molar refractivity (Wildman–Crippen MR) is 103 cm³/mol. The number of methoxy groups -OCH3 is 1. The summed E-state index contributed by atoms with van der Waals surface area (Å²) in [6.45, 7) is 0. The molecule has 0 saturated carbocycles. The number of halogens is 2. The molecule has 26 heavy (non-hydrogen) atoms. The first-order valence-corrected chi connectivity index (χ1v) is 9.59. The SMILES string of the molecule is COc1ccc(C(=O)CSc2nnc(Nc3cccc(F)c3)s2)cc1Cl. The molecule has 0 aliphatic heterocycles. The van der Waals surface area contributed by atoms with E-state index < -0.39 is 0 Å². The van der Waals surface area contributed by atoms with Crippen LogP contribution in [0.2, 0.25) is 5.02 Å². The lowest BCUT2D eigenvalue weighted by Gasteiger charge is -2.04. The van der Waals surface area contributed by atoms with Crippen LogP contribution in [0.4, 0.5) is 15.2 Å². The van der Waals surface area contributed by atoms with Crippen LogP contribution in [0, 0.1) is 5.82 Å². The fourth-order valence-corrected chi connectivity index (χ4v) is 3.98. The predicted octanol–water partition coefficient (Wildman–Crippen LogP) is 5.06. The standard InChI is InChI=1S/C17H13ClFN3O2S2/c1-24-15-6-5-10(7-13(15)18)14(23)9-25-17-22-21-16(26-17)20-12-4-2-3-11(19)8-12/h2-8H,9H2,1H3,(H,20,21). The van der Waals surface area contributed by atoms with Gasteiger partial charge in [0.15, 0.2) is 10.1 Å². The Kier molecular flexibility index (Phi) is 6.08. The normalized spacial score (nSPS) is 10.6. The van der Waals surface area contributed by atoms with Crippen molar-refractivity contribution in [2.75, 3.05) is 18.2 Å². The monoisotopic (exact) mass is 409 g/mol. The van der Waals surface area contributed by atoms with Crippen LogP contribution < -0.4 is 10.1 Å². The van der Waals surface area contributed by atoms with Crippen LogP contribution in [0.15, 0.2) is 46.8 Å². The second kappa shape index (κ2) is 8.48. The Hall–Kier alpha value is -2.16. The summed E-state index contributed by atoms with van der Waals surface area (Å²) in [5.74, 6) is 0.317. The van der Waals surface area contributed by atoms with Gasteiger partial charge in [-0.25, -0.2) is 4.39 Å². The van der Waals surface area contributed by atoms with E-state index in [1.807, 2.05) is 0 Å². The topological polar surface area (TPSA) is 64.1 Å². The molecule has 0 aliphatic rings. The van der Waals surface area contributed by atoms with Gasteiger partial charge < -0.3 is 10.1 Å². The van der Waals surface area contributed by atoms with Crippen LogP contribution >= 0.6 is 34.7 Å². The maximum Gasteiger partial charge on any atom is 0.210 e. The smallest absolute Gasteiger partial charge is 0.210 e. The molecule has 9 heteroatoms. The molecule has 3 rings (SSSR count). The molecular formula is C17H13ClFN3O2S2. The van der Waals surface area contributed by atoms with E-state index in [-0.39, 0.29) is 17.4 Å². The molecule has 0 spiro atoms. The quantitative estimate of drug-likeness (QED) is 0.434. The number of nitrogens with zero attached hydrogens (tertiary/aromatic N) is 2. The van der Waals surface area contributed by atoms with Gasteiger partial charge >= 0.3 is 0 Å². The Morgan fingerprint density at radius 2 is 2.15 bits per heavy atom. The molecule has 0 fully saturated rings. The number of hydrogen-bond donors (Lipinski definition) is 1. The summed E-state index contributed by atoms with van der Waals surface area (Å²) in [7, 11) is 1.52. The number of nitrogens with one attached hydrogen (secondary N) is 1. The number of carbonyl (C=O) groups is 1. The van der Waals surface area contributed by atoms with Gasteiger partial charge in [0, 0.05) is 11.3 Å². The van der Waals surface area contributed by atoms with Crippen LogP contribution in [0.5, 0.6) is 5.75 Å². The van der Waals surface area contributed by atoms with Gasteiger partial charge in [-0.05, 0) is 36.4 Å². The highest BCUT2D eigenvalue weighted by molar-refractivity contribution is 8.01. The summed E-state index contributed by atoms with van der Waals surface area (Å²) in [6.07, 6.45) is 0. The Morgan fingerprint density at radius 1 is 1.31 bits per heavy atom. The first-order valence-electron chi connectivity index (χ1n) is 7.41. The summed E-state index contributed by atoms with van der Waals surface area (Å²) in [6, 6.07) is 11.0. The number of rotatable bonds is 7.